The molecular formula is C22H20ClN3O2. The first kappa shape index (κ1) is 17.5. The number of benzene rings is 2. The molecule has 5 nitrogen and oxygen atoms in total. The van der Waals surface area contributed by atoms with Crippen LogP contribution in [-0.2, 0) is 4.74 Å². The number of fused-ring (bicyclic) bond motifs is 1. The second-order valence-corrected chi connectivity index (χ2v) is 7.65. The fourth-order valence-corrected chi connectivity index (χ4v) is 4.47. The van der Waals surface area contributed by atoms with E-state index >= 15 is 0 Å². The molecule has 0 radical (unpaired) electrons. The lowest BCUT2D eigenvalue weighted by Crippen LogP contribution is -2.36. The summed E-state index contributed by atoms with van der Waals surface area (Å²) in [5.74, 6) is -0.0508. The molecule has 6 heteroatoms. The summed E-state index contributed by atoms with van der Waals surface area (Å²) in [4.78, 5) is 15.2. The van der Waals surface area contributed by atoms with Gasteiger partial charge >= 0.3 is 0 Å². The molecule has 142 valence electrons. The van der Waals surface area contributed by atoms with Crippen LogP contribution < -0.4 is 0 Å². The molecule has 2 aliphatic heterocycles. The fourth-order valence-electron chi connectivity index (χ4n) is 4.23. The first-order chi connectivity index (χ1) is 13.7. The maximum Gasteiger partial charge on any atom is 0.273 e. The predicted octanol–water partition coefficient (Wildman–Crippen LogP) is 4.45. The van der Waals surface area contributed by atoms with Gasteiger partial charge in [-0.05, 0) is 24.5 Å². The minimum atomic E-state index is -0.283. The zero-order valence-electron chi connectivity index (χ0n) is 15.3. The lowest BCUT2D eigenvalue weighted by Gasteiger charge is -2.29. The van der Waals surface area contributed by atoms with E-state index in [1.807, 2.05) is 59.5 Å². The summed E-state index contributed by atoms with van der Waals surface area (Å²) in [5, 5.41) is 8.11. The smallest absolute Gasteiger partial charge is 0.273 e. The Labute approximate surface area is 168 Å². The zero-order chi connectivity index (χ0) is 19.1. The Hall–Kier alpha value is -2.63. The summed E-state index contributed by atoms with van der Waals surface area (Å²) in [6, 6.07) is 17.4. The zero-order valence-corrected chi connectivity index (χ0v) is 16.0. The lowest BCUT2D eigenvalue weighted by atomic mass is 9.96. The fraction of sp³-hybridized carbons (Fsp3) is 0.273. The van der Waals surface area contributed by atoms with E-state index in [0.29, 0.717) is 17.3 Å². The molecule has 2 aromatic carbocycles. The van der Waals surface area contributed by atoms with Crippen LogP contribution in [0.3, 0.4) is 0 Å². The summed E-state index contributed by atoms with van der Waals surface area (Å²) in [6.45, 7) is 1.30. The Morgan fingerprint density at radius 3 is 2.68 bits per heavy atom. The summed E-state index contributed by atoms with van der Waals surface area (Å²) in [6.07, 6.45) is 2.06. The van der Waals surface area contributed by atoms with Crippen molar-refractivity contribution in [2.45, 2.75) is 25.0 Å². The minimum Gasteiger partial charge on any atom is -0.376 e. The molecule has 3 heterocycles. The molecule has 1 aromatic heterocycles. The minimum absolute atomic E-state index is 0.0508. The van der Waals surface area contributed by atoms with Crippen LogP contribution in [0.5, 0.6) is 0 Å². The number of aromatic amines is 1. The highest BCUT2D eigenvalue weighted by atomic mass is 35.5. The molecule has 28 heavy (non-hydrogen) atoms. The van der Waals surface area contributed by atoms with Crippen molar-refractivity contribution in [2.24, 2.45) is 0 Å². The van der Waals surface area contributed by atoms with Crippen molar-refractivity contribution in [3.63, 3.8) is 0 Å². The number of aromatic nitrogens is 2. The number of rotatable bonds is 4. The number of H-pyrrole nitrogens is 1. The third-order valence-corrected chi connectivity index (χ3v) is 5.88. The van der Waals surface area contributed by atoms with E-state index < -0.39 is 0 Å². The summed E-state index contributed by atoms with van der Waals surface area (Å²) in [5.41, 5.74) is 4.12. The molecule has 5 rings (SSSR count). The SMILES string of the molecule is O=C1c2[nH]nc(-c3ccccc3)c2C(c2ccccc2Cl)N1CC1CCCO1. The highest BCUT2D eigenvalue weighted by Gasteiger charge is 2.43. The summed E-state index contributed by atoms with van der Waals surface area (Å²) in [7, 11) is 0. The van der Waals surface area contributed by atoms with Crippen molar-refractivity contribution in [3.05, 3.63) is 76.4 Å². The van der Waals surface area contributed by atoms with Crippen LogP contribution in [0.1, 0.15) is 40.5 Å². The average Bonchev–Trinajstić information content (AvgIpc) is 3.43. The molecule has 0 bridgehead atoms. The van der Waals surface area contributed by atoms with Crippen molar-refractivity contribution >= 4 is 17.5 Å². The van der Waals surface area contributed by atoms with E-state index in [0.717, 1.165) is 41.8 Å². The van der Waals surface area contributed by atoms with E-state index in [9.17, 15) is 4.79 Å². The maximum absolute atomic E-state index is 13.3. The van der Waals surface area contributed by atoms with Crippen LogP contribution in [0.4, 0.5) is 0 Å². The van der Waals surface area contributed by atoms with Crippen molar-refractivity contribution in [3.8, 4) is 11.3 Å². The van der Waals surface area contributed by atoms with Gasteiger partial charge in [0.2, 0.25) is 0 Å². The normalized spacial score (nSPS) is 21.3. The third-order valence-electron chi connectivity index (χ3n) is 5.54. The Bertz CT molecular complexity index is 1010. The molecule has 2 unspecified atom stereocenters. The molecule has 1 fully saturated rings. The molecular weight excluding hydrogens is 374 g/mol. The van der Waals surface area contributed by atoms with Crippen molar-refractivity contribution < 1.29 is 9.53 Å². The van der Waals surface area contributed by atoms with E-state index in [2.05, 4.69) is 10.2 Å². The molecule has 0 spiro atoms. The van der Waals surface area contributed by atoms with Gasteiger partial charge in [0.25, 0.3) is 5.91 Å². The van der Waals surface area contributed by atoms with Gasteiger partial charge in [0.15, 0.2) is 0 Å². The Morgan fingerprint density at radius 2 is 1.93 bits per heavy atom. The number of hydrogen-bond donors (Lipinski definition) is 1. The molecule has 2 aliphatic rings. The van der Waals surface area contributed by atoms with Crippen molar-refractivity contribution in [2.75, 3.05) is 13.2 Å². The van der Waals surface area contributed by atoms with Crippen molar-refractivity contribution in [1.82, 2.24) is 15.1 Å². The topological polar surface area (TPSA) is 58.2 Å². The van der Waals surface area contributed by atoms with Crippen LogP contribution in [0.15, 0.2) is 54.6 Å². The van der Waals surface area contributed by atoms with Gasteiger partial charge in [0.1, 0.15) is 5.69 Å². The highest BCUT2D eigenvalue weighted by molar-refractivity contribution is 6.31. The van der Waals surface area contributed by atoms with Crippen LogP contribution in [0, 0.1) is 0 Å². The van der Waals surface area contributed by atoms with Crippen LogP contribution in [-0.4, -0.2) is 40.3 Å². The standard InChI is InChI=1S/C22H20ClN3O2/c23-17-11-5-4-10-16(17)21-18-19(14-7-2-1-3-8-14)24-25-20(18)22(27)26(21)13-15-9-6-12-28-15/h1-5,7-8,10-11,15,21H,6,9,12-13H2,(H,24,25). The second-order valence-electron chi connectivity index (χ2n) is 7.24. The van der Waals surface area contributed by atoms with Gasteiger partial charge in [-0.25, -0.2) is 0 Å². The monoisotopic (exact) mass is 393 g/mol. The van der Waals surface area contributed by atoms with Gasteiger partial charge in [-0.3, -0.25) is 9.89 Å². The highest BCUT2D eigenvalue weighted by Crippen LogP contribution is 2.44. The van der Waals surface area contributed by atoms with Gasteiger partial charge in [-0.15, -0.1) is 0 Å². The summed E-state index contributed by atoms with van der Waals surface area (Å²) < 4.78 is 5.82. The Balaban J connectivity index is 1.64. The van der Waals surface area contributed by atoms with Gasteiger partial charge in [-0.1, -0.05) is 60.1 Å². The first-order valence-corrected chi connectivity index (χ1v) is 9.92. The number of ether oxygens (including phenoxy) is 1. The third kappa shape index (κ3) is 2.82. The summed E-state index contributed by atoms with van der Waals surface area (Å²) >= 11 is 6.57. The molecule has 1 amide bonds. The largest absolute Gasteiger partial charge is 0.376 e. The maximum atomic E-state index is 13.3. The molecule has 1 N–H and O–H groups in total. The first-order valence-electron chi connectivity index (χ1n) is 9.54. The number of nitrogens with zero attached hydrogens (tertiary/aromatic N) is 2. The van der Waals surface area contributed by atoms with Crippen molar-refractivity contribution in [1.29, 1.82) is 0 Å². The van der Waals surface area contributed by atoms with Gasteiger partial charge in [0, 0.05) is 29.3 Å². The van der Waals surface area contributed by atoms with Crippen LogP contribution in [0.25, 0.3) is 11.3 Å². The van der Waals surface area contributed by atoms with Crippen LogP contribution in [0.2, 0.25) is 5.02 Å². The second kappa shape index (κ2) is 7.08. The number of carbonyl (C=O) groups excluding carboxylic acids is 1. The molecule has 0 saturated carbocycles. The van der Waals surface area contributed by atoms with E-state index in [-0.39, 0.29) is 18.1 Å². The van der Waals surface area contributed by atoms with E-state index in [1.165, 1.54) is 0 Å². The predicted molar refractivity (Wildman–Crippen MR) is 107 cm³/mol. The molecule has 1 saturated heterocycles. The molecule has 3 aromatic rings. The number of amides is 1. The number of carbonyl (C=O) groups is 1. The number of hydrogen-bond acceptors (Lipinski definition) is 3. The van der Waals surface area contributed by atoms with E-state index in [1.54, 1.807) is 0 Å². The molecule has 2 atom stereocenters. The van der Waals surface area contributed by atoms with Gasteiger partial charge in [0.05, 0.1) is 17.8 Å². The lowest BCUT2D eigenvalue weighted by molar-refractivity contribution is 0.0495. The van der Waals surface area contributed by atoms with Gasteiger partial charge < -0.3 is 9.64 Å². The average molecular weight is 394 g/mol. The Kier molecular flexibility index (Phi) is 4.41. The van der Waals surface area contributed by atoms with Gasteiger partial charge in [-0.2, -0.15) is 5.10 Å². The Morgan fingerprint density at radius 1 is 1.14 bits per heavy atom. The van der Waals surface area contributed by atoms with E-state index in [4.69, 9.17) is 16.3 Å². The number of halogens is 1. The quantitative estimate of drug-likeness (QED) is 0.712. The molecule has 0 aliphatic carbocycles. The van der Waals surface area contributed by atoms with Crippen LogP contribution >= 0.6 is 11.6 Å². The number of nitrogens with one attached hydrogen (secondary N) is 1.